The molecule has 0 aliphatic rings. The molecule has 0 aliphatic heterocycles. The van der Waals surface area contributed by atoms with E-state index in [0.717, 1.165) is 0 Å². The molecule has 1 N–H and O–H groups in total. The molecule has 0 atom stereocenters. The zero-order valence-electron chi connectivity index (χ0n) is 12.7. The molecule has 0 spiro atoms. The number of aromatic nitrogens is 1. The van der Waals surface area contributed by atoms with Crippen LogP contribution in [-0.2, 0) is 4.74 Å². The van der Waals surface area contributed by atoms with Crippen molar-refractivity contribution in [1.82, 2.24) is 9.12 Å². The predicted octanol–water partition coefficient (Wildman–Crippen LogP) is 2.23. The predicted molar refractivity (Wildman–Crippen MR) is 86.9 cm³/mol. The molecular weight excluding hydrogens is 320 g/mol. The van der Waals surface area contributed by atoms with Crippen molar-refractivity contribution in [2.45, 2.75) is 13.8 Å². The highest BCUT2D eigenvalue weighted by Gasteiger charge is 2.15. The first-order valence-electron chi connectivity index (χ1n) is 6.99. The summed E-state index contributed by atoms with van der Waals surface area (Å²) >= 11 is 1.20. The summed E-state index contributed by atoms with van der Waals surface area (Å²) in [6.07, 6.45) is 0.859. The summed E-state index contributed by atoms with van der Waals surface area (Å²) < 4.78 is 13.8. The van der Waals surface area contributed by atoms with Crippen LogP contribution in [0.5, 0.6) is 5.75 Å². The Bertz CT molecular complexity index is 787. The van der Waals surface area contributed by atoms with Crippen LogP contribution in [0.25, 0.3) is 5.52 Å². The van der Waals surface area contributed by atoms with E-state index in [4.69, 9.17) is 9.47 Å². The minimum atomic E-state index is -0.685. The maximum atomic E-state index is 12.4. The largest absolute Gasteiger partial charge is 0.462 e. The number of esters is 1. The van der Waals surface area contributed by atoms with Gasteiger partial charge in [-0.25, -0.2) is 9.59 Å². The summed E-state index contributed by atoms with van der Waals surface area (Å²) in [5.41, 5.74) is -0.232. The summed E-state index contributed by atoms with van der Waals surface area (Å²) in [5.74, 6) is 0.233. The number of nitrogens with one attached hydrogen (secondary N) is 1. The Hall–Kier alpha value is -2.48. The van der Waals surface area contributed by atoms with Gasteiger partial charge < -0.3 is 9.47 Å². The highest BCUT2D eigenvalue weighted by atomic mass is 32.2. The first-order chi connectivity index (χ1) is 11.1. The Labute approximate surface area is 136 Å². The van der Waals surface area contributed by atoms with E-state index in [2.05, 4.69) is 4.72 Å². The van der Waals surface area contributed by atoms with Crippen molar-refractivity contribution < 1.29 is 19.1 Å². The number of pyridine rings is 2. The van der Waals surface area contributed by atoms with E-state index >= 15 is 0 Å². The second-order valence-corrected chi connectivity index (χ2v) is 5.40. The van der Waals surface area contributed by atoms with Crippen LogP contribution in [0, 0.1) is 0 Å². The Balaban J connectivity index is 2.39. The number of amides is 1. The van der Waals surface area contributed by atoms with Crippen LogP contribution in [0.2, 0.25) is 0 Å². The molecule has 2 aromatic heterocycles. The average molecular weight is 336 g/mol. The van der Waals surface area contributed by atoms with Crippen molar-refractivity contribution in [3.05, 3.63) is 46.4 Å². The third-order valence-corrected chi connectivity index (χ3v) is 3.45. The van der Waals surface area contributed by atoms with Gasteiger partial charge >= 0.3 is 12.1 Å². The number of carbonyl (C=O) groups excluding carboxylic acids is 2. The molecule has 2 aromatic rings. The van der Waals surface area contributed by atoms with Crippen LogP contribution in [0.3, 0.4) is 0 Å². The molecule has 0 unspecified atom stereocenters. The molecule has 23 heavy (non-hydrogen) atoms. The van der Waals surface area contributed by atoms with Crippen LogP contribution in [0.1, 0.15) is 24.2 Å². The molecule has 8 heteroatoms. The molecule has 2 rings (SSSR count). The van der Waals surface area contributed by atoms with Gasteiger partial charge in [0.05, 0.1) is 12.1 Å². The Morgan fingerprint density at radius 3 is 2.74 bits per heavy atom. The van der Waals surface area contributed by atoms with Gasteiger partial charge in [-0.2, -0.15) is 0 Å². The van der Waals surface area contributed by atoms with Crippen molar-refractivity contribution in [3.63, 3.8) is 0 Å². The minimum Gasteiger partial charge on any atom is -0.462 e. The smallest absolute Gasteiger partial charge is 0.422 e. The first-order valence-corrected chi connectivity index (χ1v) is 7.98. The fraction of sp³-hybridized carbons (Fsp3) is 0.267. The maximum absolute atomic E-state index is 12.4. The van der Waals surface area contributed by atoms with E-state index in [9.17, 15) is 14.4 Å². The quantitative estimate of drug-likeness (QED) is 0.666. The number of fused-ring (bicyclic) bond motifs is 1. The molecule has 0 aromatic carbocycles. The standard InChI is InChI=1S/C15H16N2O5S/c1-3-21-14(19)10-7-8-11-12(22-15(20)16-23-4-2)6-5-9-17(11)13(10)18/h5-9H,3-4H2,1-2H3,(H,16,20). The van der Waals surface area contributed by atoms with Crippen molar-refractivity contribution in [3.8, 4) is 5.75 Å². The van der Waals surface area contributed by atoms with Gasteiger partial charge in [-0.3, -0.25) is 13.9 Å². The third kappa shape index (κ3) is 3.84. The van der Waals surface area contributed by atoms with Crippen LogP contribution >= 0.6 is 11.9 Å². The number of rotatable bonds is 5. The van der Waals surface area contributed by atoms with Gasteiger partial charge in [0, 0.05) is 11.9 Å². The van der Waals surface area contributed by atoms with Crippen molar-refractivity contribution >= 4 is 29.5 Å². The van der Waals surface area contributed by atoms with E-state index in [1.807, 2.05) is 6.92 Å². The Morgan fingerprint density at radius 2 is 2.04 bits per heavy atom. The second kappa shape index (κ2) is 7.68. The lowest BCUT2D eigenvalue weighted by molar-refractivity contribution is 0.0524. The van der Waals surface area contributed by atoms with Gasteiger partial charge in [-0.1, -0.05) is 6.92 Å². The summed E-state index contributed by atoms with van der Waals surface area (Å²) in [7, 11) is 0. The highest BCUT2D eigenvalue weighted by Crippen LogP contribution is 2.19. The van der Waals surface area contributed by atoms with Crippen LogP contribution in [0.15, 0.2) is 35.3 Å². The van der Waals surface area contributed by atoms with Gasteiger partial charge in [0.15, 0.2) is 5.75 Å². The molecule has 0 fully saturated rings. The molecule has 2 heterocycles. The zero-order chi connectivity index (χ0) is 16.8. The number of hydrogen-bond donors (Lipinski definition) is 1. The van der Waals surface area contributed by atoms with Crippen LogP contribution in [-0.4, -0.2) is 28.8 Å². The molecular formula is C15H16N2O5S. The Morgan fingerprint density at radius 1 is 1.26 bits per heavy atom. The third-order valence-electron chi connectivity index (χ3n) is 2.85. The van der Waals surface area contributed by atoms with Gasteiger partial charge in [-0.15, -0.1) is 0 Å². The van der Waals surface area contributed by atoms with E-state index in [-0.39, 0.29) is 17.9 Å². The van der Waals surface area contributed by atoms with Gasteiger partial charge in [0.1, 0.15) is 5.56 Å². The van der Waals surface area contributed by atoms with Crippen molar-refractivity contribution in [2.24, 2.45) is 0 Å². The number of carbonyl (C=O) groups is 2. The van der Waals surface area contributed by atoms with E-state index in [1.165, 1.54) is 34.7 Å². The molecule has 122 valence electrons. The van der Waals surface area contributed by atoms with Gasteiger partial charge in [0.25, 0.3) is 5.56 Å². The topological polar surface area (TPSA) is 86.1 Å². The summed E-state index contributed by atoms with van der Waals surface area (Å²) in [6, 6.07) is 6.01. The number of hydrogen-bond acceptors (Lipinski definition) is 6. The lowest BCUT2D eigenvalue weighted by Gasteiger charge is -2.10. The molecule has 1 amide bonds. The van der Waals surface area contributed by atoms with Gasteiger partial charge in [0.2, 0.25) is 0 Å². The molecule has 0 saturated heterocycles. The monoisotopic (exact) mass is 336 g/mol. The summed E-state index contributed by atoms with van der Waals surface area (Å²) in [5, 5.41) is 0. The fourth-order valence-corrected chi connectivity index (χ4v) is 2.21. The fourth-order valence-electron chi connectivity index (χ4n) is 1.91. The van der Waals surface area contributed by atoms with Crippen LogP contribution in [0.4, 0.5) is 4.79 Å². The molecule has 0 aliphatic carbocycles. The zero-order valence-corrected chi connectivity index (χ0v) is 13.5. The van der Waals surface area contributed by atoms with E-state index < -0.39 is 17.6 Å². The molecule has 7 nitrogen and oxygen atoms in total. The van der Waals surface area contributed by atoms with Crippen molar-refractivity contribution in [2.75, 3.05) is 12.4 Å². The van der Waals surface area contributed by atoms with Crippen LogP contribution < -0.4 is 15.0 Å². The average Bonchev–Trinajstić information content (AvgIpc) is 2.54. The number of nitrogens with zero attached hydrogens (tertiary/aromatic N) is 1. The molecule has 0 bridgehead atoms. The van der Waals surface area contributed by atoms with E-state index in [0.29, 0.717) is 11.3 Å². The van der Waals surface area contributed by atoms with E-state index in [1.54, 1.807) is 19.1 Å². The SMILES string of the molecule is CCOC(=O)c1ccc2c(OC(=O)NSCC)cccn2c1=O. The molecule has 0 saturated carbocycles. The summed E-state index contributed by atoms with van der Waals surface area (Å²) in [6.45, 7) is 3.73. The number of ether oxygens (including phenoxy) is 2. The minimum absolute atomic E-state index is 0.0764. The first kappa shape index (κ1) is 16.9. The van der Waals surface area contributed by atoms with Crippen molar-refractivity contribution in [1.29, 1.82) is 0 Å². The summed E-state index contributed by atoms with van der Waals surface area (Å²) in [4.78, 5) is 35.8. The van der Waals surface area contributed by atoms with Gasteiger partial charge in [-0.05, 0) is 43.1 Å². The Kier molecular flexibility index (Phi) is 5.64. The molecule has 0 radical (unpaired) electrons. The lowest BCUT2D eigenvalue weighted by atomic mass is 10.2. The lowest BCUT2D eigenvalue weighted by Crippen LogP contribution is -2.24. The normalized spacial score (nSPS) is 10.3. The highest BCUT2D eigenvalue weighted by molar-refractivity contribution is 7.97. The second-order valence-electron chi connectivity index (χ2n) is 4.32. The maximum Gasteiger partial charge on any atom is 0.422 e.